The van der Waals surface area contributed by atoms with Crippen LogP contribution in [0.15, 0.2) is 0 Å². The Bertz CT molecular complexity index is 114. The molecule has 1 saturated heterocycles. The lowest BCUT2D eigenvalue weighted by Crippen LogP contribution is -2.60. The van der Waals surface area contributed by atoms with Crippen molar-refractivity contribution in [1.82, 2.24) is 10.6 Å². The maximum Gasteiger partial charge on any atom is 0.0278 e. The van der Waals surface area contributed by atoms with E-state index in [9.17, 15) is 0 Å². The van der Waals surface area contributed by atoms with Crippen LogP contribution in [0.1, 0.15) is 27.2 Å². The normalized spacial score (nSPS) is 41.7. The van der Waals surface area contributed by atoms with Gasteiger partial charge >= 0.3 is 0 Å². The van der Waals surface area contributed by atoms with Crippen LogP contribution in [0.3, 0.4) is 0 Å². The minimum Gasteiger partial charge on any atom is -0.313 e. The van der Waals surface area contributed by atoms with Crippen molar-refractivity contribution in [3.8, 4) is 0 Å². The molecular formula is C8H18N2. The molecule has 0 aromatic heterocycles. The van der Waals surface area contributed by atoms with E-state index in [1.165, 1.54) is 6.42 Å². The molecule has 2 heteroatoms. The van der Waals surface area contributed by atoms with Gasteiger partial charge in [-0.1, -0.05) is 6.92 Å². The number of piperazine rings is 1. The highest BCUT2D eigenvalue weighted by atomic mass is 15.1. The fraction of sp³-hybridized carbons (Fsp3) is 1.00. The van der Waals surface area contributed by atoms with Gasteiger partial charge in [-0.3, -0.25) is 0 Å². The lowest BCUT2D eigenvalue weighted by Gasteiger charge is -2.38. The molecule has 0 spiro atoms. The molecule has 10 heavy (non-hydrogen) atoms. The van der Waals surface area contributed by atoms with Crippen LogP contribution in [-0.2, 0) is 0 Å². The quantitative estimate of drug-likeness (QED) is 0.564. The van der Waals surface area contributed by atoms with Gasteiger partial charge in [0.1, 0.15) is 0 Å². The van der Waals surface area contributed by atoms with E-state index in [0.717, 1.165) is 13.1 Å². The fourth-order valence-corrected chi connectivity index (χ4v) is 1.49. The lowest BCUT2D eigenvalue weighted by molar-refractivity contribution is 0.245. The van der Waals surface area contributed by atoms with Crippen molar-refractivity contribution in [2.24, 2.45) is 0 Å². The van der Waals surface area contributed by atoms with Crippen molar-refractivity contribution in [2.45, 2.75) is 38.8 Å². The summed E-state index contributed by atoms with van der Waals surface area (Å²) in [6.45, 7) is 8.94. The Labute approximate surface area is 63.4 Å². The molecule has 0 radical (unpaired) electrons. The lowest BCUT2D eigenvalue weighted by atomic mass is 9.95. The minimum atomic E-state index is 0.331. The van der Waals surface area contributed by atoms with E-state index >= 15 is 0 Å². The first-order chi connectivity index (χ1) is 4.66. The second-order valence-corrected chi connectivity index (χ2v) is 3.59. The van der Waals surface area contributed by atoms with Crippen LogP contribution < -0.4 is 10.6 Å². The summed E-state index contributed by atoms with van der Waals surface area (Å²) in [4.78, 5) is 0. The highest BCUT2D eigenvalue weighted by Crippen LogP contribution is 2.11. The maximum absolute atomic E-state index is 3.58. The molecule has 1 rings (SSSR count). The van der Waals surface area contributed by atoms with Gasteiger partial charge in [-0.05, 0) is 20.3 Å². The van der Waals surface area contributed by atoms with Gasteiger partial charge in [0.2, 0.25) is 0 Å². The third-order valence-corrected chi connectivity index (χ3v) is 2.34. The zero-order chi connectivity index (χ0) is 7.61. The van der Waals surface area contributed by atoms with E-state index in [-0.39, 0.29) is 0 Å². The van der Waals surface area contributed by atoms with Crippen LogP contribution in [0, 0.1) is 0 Å². The molecule has 2 atom stereocenters. The van der Waals surface area contributed by atoms with Crippen molar-refractivity contribution in [3.63, 3.8) is 0 Å². The van der Waals surface area contributed by atoms with Gasteiger partial charge in [0.05, 0.1) is 0 Å². The second-order valence-electron chi connectivity index (χ2n) is 3.59. The molecule has 0 aromatic carbocycles. The Morgan fingerprint density at radius 3 is 2.70 bits per heavy atom. The highest BCUT2D eigenvalue weighted by Gasteiger charge is 2.26. The van der Waals surface area contributed by atoms with E-state index in [2.05, 4.69) is 31.4 Å². The summed E-state index contributed by atoms with van der Waals surface area (Å²) in [6.07, 6.45) is 1.20. The smallest absolute Gasteiger partial charge is 0.0278 e. The Balaban J connectivity index is 2.45. The molecule has 1 heterocycles. The minimum absolute atomic E-state index is 0.331. The molecule has 1 aliphatic heterocycles. The number of hydrogen-bond acceptors (Lipinski definition) is 2. The molecule has 0 saturated carbocycles. The van der Waals surface area contributed by atoms with Crippen LogP contribution in [0.2, 0.25) is 0 Å². The van der Waals surface area contributed by atoms with Gasteiger partial charge in [0, 0.05) is 24.7 Å². The predicted molar refractivity (Wildman–Crippen MR) is 44.2 cm³/mol. The molecule has 0 aromatic rings. The summed E-state index contributed by atoms with van der Waals surface area (Å²) in [6, 6.07) is 0.624. The Morgan fingerprint density at radius 1 is 1.60 bits per heavy atom. The van der Waals surface area contributed by atoms with Crippen LogP contribution in [0.4, 0.5) is 0 Å². The molecule has 2 N–H and O–H groups in total. The molecule has 0 aliphatic carbocycles. The van der Waals surface area contributed by atoms with E-state index < -0.39 is 0 Å². The van der Waals surface area contributed by atoms with Gasteiger partial charge < -0.3 is 10.6 Å². The van der Waals surface area contributed by atoms with Crippen LogP contribution in [0.5, 0.6) is 0 Å². The first-order valence-electron chi connectivity index (χ1n) is 4.15. The summed E-state index contributed by atoms with van der Waals surface area (Å²) >= 11 is 0. The molecule has 0 amide bonds. The van der Waals surface area contributed by atoms with Gasteiger partial charge in [-0.2, -0.15) is 0 Å². The summed E-state index contributed by atoms with van der Waals surface area (Å²) in [5.41, 5.74) is 0.331. The van der Waals surface area contributed by atoms with E-state index in [0.29, 0.717) is 11.6 Å². The van der Waals surface area contributed by atoms with E-state index in [1.54, 1.807) is 0 Å². The van der Waals surface area contributed by atoms with Crippen molar-refractivity contribution >= 4 is 0 Å². The fourth-order valence-electron chi connectivity index (χ4n) is 1.49. The summed E-state index contributed by atoms with van der Waals surface area (Å²) in [5.74, 6) is 0. The van der Waals surface area contributed by atoms with Crippen molar-refractivity contribution in [1.29, 1.82) is 0 Å². The first-order valence-corrected chi connectivity index (χ1v) is 4.15. The third-order valence-electron chi connectivity index (χ3n) is 2.34. The monoisotopic (exact) mass is 142 g/mol. The van der Waals surface area contributed by atoms with Crippen LogP contribution >= 0.6 is 0 Å². The SMILES string of the molecule is CC[C@]1(C)CNC[C@@H](C)N1. The van der Waals surface area contributed by atoms with Crippen LogP contribution in [0.25, 0.3) is 0 Å². The van der Waals surface area contributed by atoms with Gasteiger partial charge in [-0.15, -0.1) is 0 Å². The average molecular weight is 142 g/mol. The third kappa shape index (κ3) is 1.70. The van der Waals surface area contributed by atoms with E-state index in [1.807, 2.05) is 0 Å². The highest BCUT2D eigenvalue weighted by molar-refractivity contribution is 4.91. The number of rotatable bonds is 1. The van der Waals surface area contributed by atoms with Gasteiger partial charge in [-0.25, -0.2) is 0 Å². The van der Waals surface area contributed by atoms with Crippen molar-refractivity contribution in [3.05, 3.63) is 0 Å². The van der Waals surface area contributed by atoms with Crippen LogP contribution in [-0.4, -0.2) is 24.7 Å². The zero-order valence-corrected chi connectivity index (χ0v) is 7.20. The number of hydrogen-bond donors (Lipinski definition) is 2. The predicted octanol–water partition coefficient (Wildman–Crippen LogP) is 0.736. The molecule has 0 bridgehead atoms. The van der Waals surface area contributed by atoms with Crippen molar-refractivity contribution in [2.75, 3.05) is 13.1 Å². The van der Waals surface area contributed by atoms with Crippen molar-refractivity contribution < 1.29 is 0 Å². The molecule has 0 unspecified atom stereocenters. The Hall–Kier alpha value is -0.0800. The molecule has 60 valence electrons. The molecular weight excluding hydrogens is 124 g/mol. The molecule has 1 fully saturated rings. The zero-order valence-electron chi connectivity index (χ0n) is 7.20. The first kappa shape index (κ1) is 8.02. The Kier molecular flexibility index (Phi) is 2.32. The molecule has 1 aliphatic rings. The summed E-state index contributed by atoms with van der Waals surface area (Å²) in [7, 11) is 0. The average Bonchev–Trinajstić information content (AvgIpc) is 1.88. The summed E-state index contributed by atoms with van der Waals surface area (Å²) < 4.78 is 0. The Morgan fingerprint density at radius 2 is 2.30 bits per heavy atom. The van der Waals surface area contributed by atoms with Gasteiger partial charge in [0.15, 0.2) is 0 Å². The topological polar surface area (TPSA) is 24.1 Å². The second kappa shape index (κ2) is 2.89. The van der Waals surface area contributed by atoms with E-state index in [4.69, 9.17) is 0 Å². The maximum atomic E-state index is 3.58. The number of nitrogens with one attached hydrogen (secondary N) is 2. The summed E-state index contributed by atoms with van der Waals surface area (Å²) in [5, 5.41) is 6.99. The van der Waals surface area contributed by atoms with Gasteiger partial charge in [0.25, 0.3) is 0 Å². The largest absolute Gasteiger partial charge is 0.313 e. The standard InChI is InChI=1S/C8H18N2/c1-4-8(3)6-9-5-7(2)10-8/h7,9-10H,4-6H2,1-3H3/t7-,8-/m1/s1. The molecule has 2 nitrogen and oxygen atoms in total.